The van der Waals surface area contributed by atoms with E-state index in [1.54, 1.807) is 24.6 Å². The molecule has 0 spiro atoms. The van der Waals surface area contributed by atoms with Gasteiger partial charge in [-0.1, -0.05) is 35.5 Å². The number of rotatable bonds is 5. The van der Waals surface area contributed by atoms with E-state index in [1.165, 1.54) is 15.6 Å². The average molecular weight is 348 g/mol. The van der Waals surface area contributed by atoms with Crippen molar-refractivity contribution in [3.8, 4) is 11.3 Å². The Labute approximate surface area is 139 Å². The third kappa shape index (κ3) is 3.36. The van der Waals surface area contributed by atoms with E-state index >= 15 is 0 Å². The predicted molar refractivity (Wildman–Crippen MR) is 89.6 cm³/mol. The van der Waals surface area contributed by atoms with Gasteiger partial charge in [-0.05, 0) is 18.6 Å². The topological polar surface area (TPSA) is 63.4 Å². The molecule has 0 aliphatic rings. The Bertz CT molecular complexity index is 898. The monoisotopic (exact) mass is 348 g/mol. The first kappa shape index (κ1) is 15.9. The zero-order chi connectivity index (χ0) is 16.4. The van der Waals surface area contributed by atoms with Crippen molar-refractivity contribution in [2.45, 2.75) is 17.7 Å². The minimum absolute atomic E-state index is 0.292. The molecular formula is C16H16N2O3S2. The third-order valence-electron chi connectivity index (χ3n) is 3.40. The number of aromatic nitrogens is 1. The molecule has 0 saturated carbocycles. The van der Waals surface area contributed by atoms with Crippen molar-refractivity contribution in [1.82, 2.24) is 9.46 Å². The summed E-state index contributed by atoms with van der Waals surface area (Å²) < 4.78 is 32.2. The van der Waals surface area contributed by atoms with Crippen LogP contribution < -0.4 is 0 Å². The zero-order valence-electron chi connectivity index (χ0n) is 12.8. The van der Waals surface area contributed by atoms with Crippen LogP contribution >= 0.6 is 11.3 Å². The van der Waals surface area contributed by atoms with Gasteiger partial charge in [0.05, 0.1) is 5.69 Å². The number of sulfonamides is 1. The fourth-order valence-corrected chi connectivity index (χ4v) is 4.70. The van der Waals surface area contributed by atoms with Gasteiger partial charge in [0.25, 0.3) is 10.0 Å². The summed E-state index contributed by atoms with van der Waals surface area (Å²) in [4.78, 5) is 0. The number of benzene rings is 1. The molecule has 0 unspecified atom stereocenters. The molecule has 0 bridgehead atoms. The molecule has 23 heavy (non-hydrogen) atoms. The van der Waals surface area contributed by atoms with Gasteiger partial charge in [0.15, 0.2) is 5.76 Å². The van der Waals surface area contributed by atoms with E-state index in [1.807, 2.05) is 37.3 Å². The van der Waals surface area contributed by atoms with E-state index < -0.39 is 10.0 Å². The van der Waals surface area contributed by atoms with Crippen LogP contribution in [0.3, 0.4) is 0 Å². The molecule has 0 atom stereocenters. The summed E-state index contributed by atoms with van der Waals surface area (Å²) >= 11 is 1.18. The molecule has 2 aromatic heterocycles. The Morgan fingerprint density at radius 2 is 1.96 bits per heavy atom. The number of hydrogen-bond donors (Lipinski definition) is 0. The maximum atomic E-state index is 12.7. The van der Waals surface area contributed by atoms with Crippen molar-refractivity contribution in [1.29, 1.82) is 0 Å². The van der Waals surface area contributed by atoms with Gasteiger partial charge in [0.2, 0.25) is 0 Å². The Kier molecular flexibility index (Phi) is 4.34. The molecule has 0 aliphatic carbocycles. The van der Waals surface area contributed by atoms with E-state index in [0.29, 0.717) is 16.5 Å². The number of hydrogen-bond acceptors (Lipinski definition) is 5. The molecule has 0 radical (unpaired) electrons. The summed E-state index contributed by atoms with van der Waals surface area (Å²) in [7, 11) is -1.94. The number of nitrogens with zero attached hydrogens (tertiary/aromatic N) is 2. The summed E-state index contributed by atoms with van der Waals surface area (Å²) in [6.45, 7) is 2.16. The standard InChI is InChI=1S/C16H16N2O3S2/c1-12-8-15(21-17-12)14-9-16(22-11-14)23(19,20)18(2)10-13-6-4-3-5-7-13/h3-9,11H,10H2,1-2H3. The normalized spacial score (nSPS) is 12.0. The van der Waals surface area contributed by atoms with Crippen LogP contribution in [0.25, 0.3) is 11.3 Å². The minimum Gasteiger partial charge on any atom is -0.356 e. The second-order valence-corrected chi connectivity index (χ2v) is 8.42. The van der Waals surface area contributed by atoms with Crippen molar-refractivity contribution >= 4 is 21.4 Å². The molecular weight excluding hydrogens is 332 g/mol. The van der Waals surface area contributed by atoms with Crippen LogP contribution in [0.5, 0.6) is 0 Å². The minimum atomic E-state index is -3.53. The largest absolute Gasteiger partial charge is 0.356 e. The van der Waals surface area contributed by atoms with Crippen LogP contribution in [-0.2, 0) is 16.6 Å². The number of thiophene rings is 1. The lowest BCUT2D eigenvalue weighted by molar-refractivity contribution is 0.427. The van der Waals surface area contributed by atoms with E-state index in [-0.39, 0.29) is 0 Å². The lowest BCUT2D eigenvalue weighted by Gasteiger charge is -2.15. The highest BCUT2D eigenvalue weighted by molar-refractivity contribution is 7.91. The van der Waals surface area contributed by atoms with Gasteiger partial charge in [-0.15, -0.1) is 11.3 Å². The van der Waals surface area contributed by atoms with Gasteiger partial charge in [-0.25, -0.2) is 8.42 Å². The predicted octanol–water partition coefficient (Wildman–Crippen LogP) is 3.53. The zero-order valence-corrected chi connectivity index (χ0v) is 14.4. The highest BCUT2D eigenvalue weighted by Crippen LogP contribution is 2.30. The summed E-state index contributed by atoms with van der Waals surface area (Å²) in [5.41, 5.74) is 2.43. The Hall–Kier alpha value is -1.96. The van der Waals surface area contributed by atoms with Gasteiger partial charge < -0.3 is 4.52 Å². The highest BCUT2D eigenvalue weighted by atomic mass is 32.2. The smallest absolute Gasteiger partial charge is 0.252 e. The lowest BCUT2D eigenvalue weighted by atomic mass is 10.2. The van der Waals surface area contributed by atoms with Gasteiger partial charge in [0, 0.05) is 30.6 Å². The van der Waals surface area contributed by atoms with Gasteiger partial charge >= 0.3 is 0 Å². The van der Waals surface area contributed by atoms with Crippen LogP contribution in [0.15, 0.2) is 56.6 Å². The second-order valence-electron chi connectivity index (χ2n) is 5.23. The fourth-order valence-electron chi connectivity index (χ4n) is 2.16. The summed E-state index contributed by atoms with van der Waals surface area (Å²) in [5, 5.41) is 5.59. The van der Waals surface area contributed by atoms with Crippen LogP contribution in [-0.4, -0.2) is 24.9 Å². The molecule has 5 nitrogen and oxygen atoms in total. The SMILES string of the molecule is Cc1cc(-c2csc(S(=O)(=O)N(C)Cc3ccccc3)c2)on1. The van der Waals surface area contributed by atoms with Crippen LogP contribution in [0, 0.1) is 6.92 Å². The Morgan fingerprint density at radius 1 is 1.22 bits per heavy atom. The van der Waals surface area contributed by atoms with Crippen LogP contribution in [0.2, 0.25) is 0 Å². The maximum Gasteiger partial charge on any atom is 0.252 e. The molecule has 120 valence electrons. The molecule has 0 amide bonds. The van der Waals surface area contributed by atoms with E-state index in [0.717, 1.165) is 16.8 Å². The quantitative estimate of drug-likeness (QED) is 0.707. The molecule has 0 N–H and O–H groups in total. The molecule has 3 aromatic rings. The van der Waals surface area contributed by atoms with Gasteiger partial charge in [-0.2, -0.15) is 4.31 Å². The summed E-state index contributed by atoms with van der Waals surface area (Å²) in [5.74, 6) is 0.575. The molecule has 0 fully saturated rings. The van der Waals surface area contributed by atoms with Crippen molar-refractivity contribution < 1.29 is 12.9 Å². The maximum absolute atomic E-state index is 12.7. The molecule has 0 aliphatic heterocycles. The van der Waals surface area contributed by atoms with Crippen LogP contribution in [0.1, 0.15) is 11.3 Å². The highest BCUT2D eigenvalue weighted by Gasteiger charge is 2.23. The first-order valence-electron chi connectivity index (χ1n) is 6.99. The molecule has 7 heteroatoms. The first-order chi connectivity index (χ1) is 11.0. The van der Waals surface area contributed by atoms with Crippen molar-refractivity contribution in [3.05, 3.63) is 59.1 Å². The molecule has 2 heterocycles. The summed E-state index contributed by atoms with van der Waals surface area (Å²) in [6.07, 6.45) is 0. The molecule has 3 rings (SSSR count). The van der Waals surface area contributed by atoms with E-state index in [9.17, 15) is 8.42 Å². The Balaban J connectivity index is 1.83. The lowest BCUT2D eigenvalue weighted by Crippen LogP contribution is -2.25. The van der Waals surface area contributed by atoms with Crippen molar-refractivity contribution in [2.75, 3.05) is 7.05 Å². The first-order valence-corrected chi connectivity index (χ1v) is 9.31. The van der Waals surface area contributed by atoms with Crippen molar-refractivity contribution in [3.63, 3.8) is 0 Å². The molecule has 1 aromatic carbocycles. The van der Waals surface area contributed by atoms with Gasteiger partial charge in [0.1, 0.15) is 4.21 Å². The second kappa shape index (κ2) is 6.27. The van der Waals surface area contributed by atoms with Crippen LogP contribution in [0.4, 0.5) is 0 Å². The fraction of sp³-hybridized carbons (Fsp3) is 0.188. The molecule has 0 saturated heterocycles. The van der Waals surface area contributed by atoms with Gasteiger partial charge in [-0.3, -0.25) is 0 Å². The van der Waals surface area contributed by atoms with Crippen molar-refractivity contribution in [2.24, 2.45) is 0 Å². The van der Waals surface area contributed by atoms with E-state index in [4.69, 9.17) is 4.52 Å². The average Bonchev–Trinajstić information content (AvgIpc) is 3.17. The van der Waals surface area contributed by atoms with E-state index in [2.05, 4.69) is 5.16 Å². The third-order valence-corrected chi connectivity index (χ3v) is 6.62. The number of aryl methyl sites for hydroxylation is 1. The summed E-state index contributed by atoms with van der Waals surface area (Å²) in [6, 6.07) is 12.9. The Morgan fingerprint density at radius 3 is 2.61 bits per heavy atom.